The van der Waals surface area contributed by atoms with Gasteiger partial charge in [0.05, 0.1) is 13.2 Å². The molecule has 0 radical (unpaired) electrons. The van der Waals surface area contributed by atoms with Gasteiger partial charge in [-0.15, -0.1) is 24.0 Å². The lowest BCUT2D eigenvalue weighted by Gasteiger charge is -2.13. The lowest BCUT2D eigenvalue weighted by Crippen LogP contribution is -2.40. The second-order valence-electron chi connectivity index (χ2n) is 4.24. The Hall–Kier alpha value is -1.02. The van der Waals surface area contributed by atoms with E-state index in [0.717, 1.165) is 30.4 Å². The highest BCUT2D eigenvalue weighted by Crippen LogP contribution is 2.15. The zero-order valence-corrected chi connectivity index (χ0v) is 15.3. The van der Waals surface area contributed by atoms with Crippen LogP contribution in [-0.4, -0.2) is 45.9 Å². The van der Waals surface area contributed by atoms with Crippen molar-refractivity contribution < 1.29 is 9.47 Å². The van der Waals surface area contributed by atoms with Crippen LogP contribution < -0.4 is 15.4 Å². The molecule has 0 bridgehead atoms. The van der Waals surface area contributed by atoms with E-state index in [1.807, 2.05) is 38.1 Å². The summed E-state index contributed by atoms with van der Waals surface area (Å²) in [6, 6.07) is 8.00. The number of hydrogen-bond donors (Lipinski definition) is 2. The van der Waals surface area contributed by atoms with Crippen LogP contribution in [-0.2, 0) is 4.74 Å². The molecule has 1 aromatic rings. The molecule has 6 heteroatoms. The molecule has 0 aromatic heterocycles. The first-order valence-corrected chi connectivity index (χ1v) is 6.98. The van der Waals surface area contributed by atoms with Crippen molar-refractivity contribution in [1.82, 2.24) is 10.6 Å². The molecule has 0 saturated carbocycles. The summed E-state index contributed by atoms with van der Waals surface area (Å²) >= 11 is 0. The van der Waals surface area contributed by atoms with Crippen molar-refractivity contribution in [3.8, 4) is 5.75 Å². The summed E-state index contributed by atoms with van der Waals surface area (Å²) in [6.07, 6.45) is 0. The Morgan fingerprint density at radius 1 is 1.14 bits per heavy atom. The fraction of sp³-hybridized carbons (Fsp3) is 0.533. The number of aryl methyl sites for hydroxylation is 1. The summed E-state index contributed by atoms with van der Waals surface area (Å²) in [5.74, 6) is 1.69. The standard InChI is InChI=1S/C15H25N3O2.HI/c1-4-19-11-9-17-15(16-3)18-10-12-20-14-8-6-5-7-13(14)2;/h5-8H,4,9-12H2,1-3H3,(H2,16,17,18);1H. The zero-order valence-electron chi connectivity index (χ0n) is 13.0. The molecule has 0 fully saturated rings. The molecule has 0 atom stereocenters. The average Bonchev–Trinajstić information content (AvgIpc) is 2.47. The summed E-state index contributed by atoms with van der Waals surface area (Å²) in [7, 11) is 1.75. The maximum absolute atomic E-state index is 5.70. The van der Waals surface area contributed by atoms with Crippen LogP contribution in [0.5, 0.6) is 5.75 Å². The topological polar surface area (TPSA) is 54.9 Å². The van der Waals surface area contributed by atoms with Gasteiger partial charge in [-0.2, -0.15) is 0 Å². The van der Waals surface area contributed by atoms with E-state index in [-0.39, 0.29) is 24.0 Å². The number of para-hydroxylation sites is 1. The van der Waals surface area contributed by atoms with E-state index in [2.05, 4.69) is 15.6 Å². The Kier molecular flexibility index (Phi) is 12.1. The van der Waals surface area contributed by atoms with Crippen LogP contribution in [0, 0.1) is 6.92 Å². The molecule has 120 valence electrons. The van der Waals surface area contributed by atoms with Crippen LogP contribution >= 0.6 is 24.0 Å². The van der Waals surface area contributed by atoms with E-state index in [1.165, 1.54) is 0 Å². The molecule has 0 amide bonds. The SMILES string of the molecule is CCOCCNC(=NC)NCCOc1ccccc1C.I. The molecule has 0 aliphatic rings. The second-order valence-corrected chi connectivity index (χ2v) is 4.24. The predicted octanol–water partition coefficient (Wildman–Crippen LogP) is 2.19. The third-order valence-corrected chi connectivity index (χ3v) is 2.71. The maximum Gasteiger partial charge on any atom is 0.191 e. The number of aliphatic imine (C=N–C) groups is 1. The Bertz CT molecular complexity index is 414. The molecule has 0 aliphatic heterocycles. The lowest BCUT2D eigenvalue weighted by molar-refractivity contribution is 0.152. The van der Waals surface area contributed by atoms with Gasteiger partial charge in [0, 0.05) is 20.2 Å². The number of benzene rings is 1. The van der Waals surface area contributed by atoms with Gasteiger partial charge in [-0.05, 0) is 25.5 Å². The van der Waals surface area contributed by atoms with Crippen LogP contribution in [0.4, 0.5) is 0 Å². The van der Waals surface area contributed by atoms with Crippen molar-refractivity contribution >= 4 is 29.9 Å². The third kappa shape index (κ3) is 8.77. The molecule has 1 rings (SSSR count). The van der Waals surface area contributed by atoms with Gasteiger partial charge in [0.25, 0.3) is 0 Å². The van der Waals surface area contributed by atoms with Gasteiger partial charge in [0.15, 0.2) is 5.96 Å². The zero-order chi connectivity index (χ0) is 14.6. The monoisotopic (exact) mass is 407 g/mol. The fourth-order valence-electron chi connectivity index (χ4n) is 1.66. The minimum atomic E-state index is 0. The van der Waals surface area contributed by atoms with E-state index in [9.17, 15) is 0 Å². The first kappa shape index (κ1) is 20.0. The van der Waals surface area contributed by atoms with Gasteiger partial charge in [0.1, 0.15) is 12.4 Å². The summed E-state index contributed by atoms with van der Waals surface area (Å²) in [6.45, 7) is 7.47. The molecular formula is C15H26IN3O2. The highest BCUT2D eigenvalue weighted by atomic mass is 127. The Morgan fingerprint density at radius 3 is 2.43 bits per heavy atom. The van der Waals surface area contributed by atoms with E-state index < -0.39 is 0 Å². The summed E-state index contributed by atoms with van der Waals surface area (Å²) in [4.78, 5) is 4.13. The summed E-state index contributed by atoms with van der Waals surface area (Å²) in [5.41, 5.74) is 1.15. The Balaban J connectivity index is 0.00000400. The normalized spacial score (nSPS) is 10.7. The van der Waals surface area contributed by atoms with Gasteiger partial charge < -0.3 is 20.1 Å². The van der Waals surface area contributed by atoms with Crippen LogP contribution in [0.2, 0.25) is 0 Å². The fourth-order valence-corrected chi connectivity index (χ4v) is 1.66. The van der Waals surface area contributed by atoms with Gasteiger partial charge in [-0.25, -0.2) is 0 Å². The number of nitrogens with one attached hydrogen (secondary N) is 2. The molecule has 2 N–H and O–H groups in total. The second kappa shape index (κ2) is 12.7. The van der Waals surface area contributed by atoms with E-state index in [4.69, 9.17) is 9.47 Å². The van der Waals surface area contributed by atoms with Crippen LogP contribution in [0.15, 0.2) is 29.3 Å². The molecule has 0 aliphatic carbocycles. The average molecular weight is 407 g/mol. The van der Waals surface area contributed by atoms with Crippen molar-refractivity contribution in [2.24, 2.45) is 4.99 Å². The number of hydrogen-bond acceptors (Lipinski definition) is 3. The van der Waals surface area contributed by atoms with E-state index in [1.54, 1.807) is 7.05 Å². The predicted molar refractivity (Wildman–Crippen MR) is 97.9 cm³/mol. The number of ether oxygens (including phenoxy) is 2. The number of guanidine groups is 1. The molecule has 1 aromatic carbocycles. The largest absolute Gasteiger partial charge is 0.491 e. The van der Waals surface area contributed by atoms with Crippen molar-refractivity contribution in [1.29, 1.82) is 0 Å². The number of nitrogens with zero attached hydrogens (tertiary/aromatic N) is 1. The van der Waals surface area contributed by atoms with Crippen molar-refractivity contribution in [2.75, 3.05) is 40.0 Å². The lowest BCUT2D eigenvalue weighted by atomic mass is 10.2. The molecular weight excluding hydrogens is 381 g/mol. The third-order valence-electron chi connectivity index (χ3n) is 2.71. The van der Waals surface area contributed by atoms with Crippen molar-refractivity contribution in [3.05, 3.63) is 29.8 Å². The van der Waals surface area contributed by atoms with E-state index >= 15 is 0 Å². The minimum Gasteiger partial charge on any atom is -0.491 e. The summed E-state index contributed by atoms with van der Waals surface area (Å²) < 4.78 is 11.0. The highest BCUT2D eigenvalue weighted by molar-refractivity contribution is 14.0. The number of halogens is 1. The minimum absolute atomic E-state index is 0. The Morgan fingerprint density at radius 2 is 1.81 bits per heavy atom. The van der Waals surface area contributed by atoms with Crippen molar-refractivity contribution in [2.45, 2.75) is 13.8 Å². The molecule has 5 nitrogen and oxygen atoms in total. The molecule has 0 unspecified atom stereocenters. The number of rotatable bonds is 8. The molecule has 0 spiro atoms. The maximum atomic E-state index is 5.70. The van der Waals surface area contributed by atoms with Gasteiger partial charge in [-0.1, -0.05) is 18.2 Å². The quantitative estimate of drug-likeness (QED) is 0.300. The van der Waals surface area contributed by atoms with Gasteiger partial charge in [-0.3, -0.25) is 4.99 Å². The summed E-state index contributed by atoms with van der Waals surface area (Å²) in [5, 5.41) is 6.37. The Labute approximate surface area is 144 Å². The van der Waals surface area contributed by atoms with Crippen LogP contribution in [0.1, 0.15) is 12.5 Å². The van der Waals surface area contributed by atoms with Gasteiger partial charge in [0.2, 0.25) is 0 Å². The first-order chi connectivity index (χ1) is 9.77. The van der Waals surface area contributed by atoms with Crippen molar-refractivity contribution in [3.63, 3.8) is 0 Å². The highest BCUT2D eigenvalue weighted by Gasteiger charge is 1.99. The first-order valence-electron chi connectivity index (χ1n) is 6.98. The van der Waals surface area contributed by atoms with E-state index in [0.29, 0.717) is 19.8 Å². The smallest absolute Gasteiger partial charge is 0.191 e. The molecule has 0 heterocycles. The van der Waals surface area contributed by atoms with Gasteiger partial charge >= 0.3 is 0 Å². The molecule has 21 heavy (non-hydrogen) atoms. The van der Waals surface area contributed by atoms with Crippen LogP contribution in [0.25, 0.3) is 0 Å². The van der Waals surface area contributed by atoms with Crippen LogP contribution in [0.3, 0.4) is 0 Å². The molecule has 0 saturated heterocycles.